The van der Waals surface area contributed by atoms with Crippen LogP contribution in [0.2, 0.25) is 0 Å². The molecule has 5 heteroatoms. The summed E-state index contributed by atoms with van der Waals surface area (Å²) in [4.78, 5) is 13.8. The minimum atomic E-state index is -0.146. The van der Waals surface area contributed by atoms with Crippen molar-refractivity contribution in [2.75, 3.05) is 6.54 Å². The molecule has 0 fully saturated rings. The zero-order chi connectivity index (χ0) is 12.4. The van der Waals surface area contributed by atoms with Crippen molar-refractivity contribution in [2.24, 2.45) is 0 Å². The van der Waals surface area contributed by atoms with Gasteiger partial charge in [0.15, 0.2) is 11.5 Å². The maximum absolute atomic E-state index is 10.7. The maximum atomic E-state index is 10.7. The largest absolute Gasteiger partial charge is 0.504 e. The highest BCUT2D eigenvalue weighted by Crippen LogP contribution is 2.30. The van der Waals surface area contributed by atoms with Gasteiger partial charge in [0, 0.05) is 42.6 Å². The number of hydrogen-bond acceptors (Lipinski definition) is 3. The van der Waals surface area contributed by atoms with Crippen molar-refractivity contribution >= 4 is 16.8 Å². The predicted octanol–water partition coefficient (Wildman–Crippen LogP) is 1.26. The molecule has 1 amide bonds. The van der Waals surface area contributed by atoms with Crippen LogP contribution in [0, 0.1) is 0 Å². The molecule has 0 aliphatic carbocycles. The normalized spacial score (nSPS) is 10.6. The molecule has 2 rings (SSSR count). The van der Waals surface area contributed by atoms with Crippen molar-refractivity contribution in [1.82, 2.24) is 10.3 Å². The molecule has 0 atom stereocenters. The number of hydrogen-bond donors (Lipinski definition) is 4. The minimum absolute atomic E-state index is 0.0589. The van der Waals surface area contributed by atoms with Crippen LogP contribution in [0.3, 0.4) is 0 Å². The number of nitrogens with one attached hydrogen (secondary N) is 2. The molecule has 1 aromatic heterocycles. The average Bonchev–Trinajstić information content (AvgIpc) is 2.60. The SMILES string of the molecule is CC(=O)NCCc1cc2cc(O)c(O)cc2[nH]1. The second-order valence-corrected chi connectivity index (χ2v) is 3.96. The lowest BCUT2D eigenvalue weighted by atomic mass is 10.2. The first kappa shape index (κ1) is 11.3. The lowest BCUT2D eigenvalue weighted by Crippen LogP contribution is -2.22. The van der Waals surface area contributed by atoms with Crippen molar-refractivity contribution in [3.63, 3.8) is 0 Å². The third kappa shape index (κ3) is 2.50. The van der Waals surface area contributed by atoms with Crippen molar-refractivity contribution < 1.29 is 15.0 Å². The molecule has 0 bridgehead atoms. The molecule has 4 N–H and O–H groups in total. The van der Waals surface area contributed by atoms with Gasteiger partial charge in [-0.2, -0.15) is 0 Å². The number of fused-ring (bicyclic) bond motifs is 1. The van der Waals surface area contributed by atoms with Gasteiger partial charge in [-0.1, -0.05) is 0 Å². The first-order valence-corrected chi connectivity index (χ1v) is 5.34. The standard InChI is InChI=1S/C12H14N2O3/c1-7(15)13-3-2-9-4-8-5-11(16)12(17)6-10(8)14-9/h4-6,14,16-17H,2-3H2,1H3,(H,13,15). The minimum Gasteiger partial charge on any atom is -0.504 e. The monoisotopic (exact) mass is 234 g/mol. The van der Waals surface area contributed by atoms with Gasteiger partial charge in [0.05, 0.1) is 0 Å². The Hall–Kier alpha value is -2.17. The molecular formula is C12H14N2O3. The zero-order valence-electron chi connectivity index (χ0n) is 9.45. The van der Waals surface area contributed by atoms with E-state index in [1.807, 2.05) is 6.07 Å². The van der Waals surface area contributed by atoms with Crippen LogP contribution in [-0.2, 0) is 11.2 Å². The molecule has 1 heterocycles. The number of aromatic nitrogens is 1. The lowest BCUT2D eigenvalue weighted by molar-refractivity contribution is -0.118. The number of aromatic amines is 1. The number of carbonyl (C=O) groups is 1. The van der Waals surface area contributed by atoms with Crippen LogP contribution in [0.25, 0.3) is 10.9 Å². The summed E-state index contributed by atoms with van der Waals surface area (Å²) in [6, 6.07) is 4.87. The number of H-pyrrole nitrogens is 1. The van der Waals surface area contributed by atoms with Crippen LogP contribution in [0.1, 0.15) is 12.6 Å². The van der Waals surface area contributed by atoms with Gasteiger partial charge in [0.2, 0.25) is 5.91 Å². The summed E-state index contributed by atoms with van der Waals surface area (Å²) in [7, 11) is 0. The van der Waals surface area contributed by atoms with E-state index < -0.39 is 0 Å². The van der Waals surface area contributed by atoms with E-state index in [4.69, 9.17) is 0 Å². The summed E-state index contributed by atoms with van der Waals surface area (Å²) in [5, 5.41) is 22.2. The summed E-state index contributed by atoms with van der Waals surface area (Å²) < 4.78 is 0. The molecule has 90 valence electrons. The highest BCUT2D eigenvalue weighted by Gasteiger charge is 2.05. The molecule has 2 aromatic rings. The van der Waals surface area contributed by atoms with Crippen molar-refractivity contribution in [3.05, 3.63) is 23.9 Å². The molecule has 0 saturated carbocycles. The third-order valence-corrected chi connectivity index (χ3v) is 2.54. The highest BCUT2D eigenvalue weighted by atomic mass is 16.3. The van der Waals surface area contributed by atoms with E-state index in [0.717, 1.165) is 16.6 Å². The van der Waals surface area contributed by atoms with Gasteiger partial charge in [0.1, 0.15) is 0 Å². The summed E-state index contributed by atoms with van der Waals surface area (Å²) in [6.45, 7) is 2.03. The third-order valence-electron chi connectivity index (χ3n) is 2.54. The van der Waals surface area contributed by atoms with Gasteiger partial charge in [-0.25, -0.2) is 0 Å². The van der Waals surface area contributed by atoms with Gasteiger partial charge >= 0.3 is 0 Å². The fourth-order valence-corrected chi connectivity index (χ4v) is 1.73. The molecule has 0 spiro atoms. The van der Waals surface area contributed by atoms with Gasteiger partial charge in [0.25, 0.3) is 0 Å². The van der Waals surface area contributed by atoms with Gasteiger partial charge in [-0.05, 0) is 12.1 Å². The Labute approximate surface area is 98.1 Å². The molecular weight excluding hydrogens is 220 g/mol. The summed E-state index contributed by atoms with van der Waals surface area (Å²) >= 11 is 0. The van der Waals surface area contributed by atoms with Crippen molar-refractivity contribution in [3.8, 4) is 11.5 Å². The molecule has 0 aliphatic rings. The van der Waals surface area contributed by atoms with E-state index in [2.05, 4.69) is 10.3 Å². The Morgan fingerprint density at radius 3 is 2.71 bits per heavy atom. The smallest absolute Gasteiger partial charge is 0.216 e. The van der Waals surface area contributed by atoms with Crippen LogP contribution >= 0.6 is 0 Å². The fourth-order valence-electron chi connectivity index (χ4n) is 1.73. The Morgan fingerprint density at radius 1 is 1.29 bits per heavy atom. The second-order valence-electron chi connectivity index (χ2n) is 3.96. The van der Waals surface area contributed by atoms with E-state index in [0.29, 0.717) is 13.0 Å². The summed E-state index contributed by atoms with van der Waals surface area (Å²) in [5.74, 6) is -0.339. The Balaban J connectivity index is 2.17. The number of carbonyl (C=O) groups excluding carboxylic acids is 1. The quantitative estimate of drug-likeness (QED) is 0.603. The predicted molar refractivity (Wildman–Crippen MR) is 64.0 cm³/mol. The topological polar surface area (TPSA) is 85.3 Å². The Morgan fingerprint density at radius 2 is 2.00 bits per heavy atom. The molecule has 1 aromatic carbocycles. The van der Waals surface area contributed by atoms with Crippen molar-refractivity contribution in [1.29, 1.82) is 0 Å². The lowest BCUT2D eigenvalue weighted by Gasteiger charge is -1.99. The maximum Gasteiger partial charge on any atom is 0.216 e. The van der Waals surface area contributed by atoms with E-state index in [-0.39, 0.29) is 17.4 Å². The Kier molecular flexibility index (Phi) is 2.91. The number of phenols is 2. The zero-order valence-corrected chi connectivity index (χ0v) is 9.45. The highest BCUT2D eigenvalue weighted by molar-refractivity contribution is 5.84. The fraction of sp³-hybridized carbons (Fsp3) is 0.250. The molecule has 0 aliphatic heterocycles. The van der Waals surface area contributed by atoms with E-state index in [1.54, 1.807) is 0 Å². The Bertz CT molecular complexity index is 521. The summed E-state index contributed by atoms with van der Waals surface area (Å²) in [6.07, 6.45) is 0.676. The van der Waals surface area contributed by atoms with Crippen LogP contribution in [0.5, 0.6) is 11.5 Å². The second kappa shape index (κ2) is 4.37. The van der Waals surface area contributed by atoms with Crippen LogP contribution in [-0.4, -0.2) is 27.6 Å². The van der Waals surface area contributed by atoms with Gasteiger partial charge in [-0.3, -0.25) is 4.79 Å². The molecule has 0 unspecified atom stereocenters. The number of rotatable bonds is 3. The first-order chi connectivity index (χ1) is 8.06. The van der Waals surface area contributed by atoms with Crippen LogP contribution in [0.15, 0.2) is 18.2 Å². The molecule has 0 radical (unpaired) electrons. The average molecular weight is 234 g/mol. The molecule has 0 saturated heterocycles. The number of phenolic OH excluding ortho intramolecular Hbond substituents is 2. The van der Waals surface area contributed by atoms with E-state index in [1.165, 1.54) is 19.1 Å². The van der Waals surface area contributed by atoms with E-state index in [9.17, 15) is 15.0 Å². The van der Waals surface area contributed by atoms with Crippen molar-refractivity contribution in [2.45, 2.75) is 13.3 Å². The number of amides is 1. The summed E-state index contributed by atoms with van der Waals surface area (Å²) in [5.41, 5.74) is 1.71. The van der Waals surface area contributed by atoms with Gasteiger partial charge < -0.3 is 20.5 Å². The molecule has 5 nitrogen and oxygen atoms in total. The number of aromatic hydroxyl groups is 2. The van der Waals surface area contributed by atoms with E-state index >= 15 is 0 Å². The first-order valence-electron chi connectivity index (χ1n) is 5.34. The van der Waals surface area contributed by atoms with Crippen LogP contribution < -0.4 is 5.32 Å². The molecule has 17 heavy (non-hydrogen) atoms. The van der Waals surface area contributed by atoms with Gasteiger partial charge in [-0.15, -0.1) is 0 Å². The number of benzene rings is 1. The van der Waals surface area contributed by atoms with Crippen LogP contribution in [0.4, 0.5) is 0 Å².